The third-order valence-corrected chi connectivity index (χ3v) is 2.39. The van der Waals surface area contributed by atoms with Gasteiger partial charge in [-0.15, -0.1) is 11.7 Å². The van der Waals surface area contributed by atoms with Gasteiger partial charge in [0, 0.05) is 11.3 Å². The fourth-order valence-corrected chi connectivity index (χ4v) is 1.69. The lowest BCUT2D eigenvalue weighted by molar-refractivity contribution is 0.560. The highest BCUT2D eigenvalue weighted by Crippen LogP contribution is 2.22. The summed E-state index contributed by atoms with van der Waals surface area (Å²) >= 11 is 3.84. The Hall–Kier alpha value is -0.220. The molecule has 0 aliphatic rings. The first-order chi connectivity index (χ1) is 5.66. The van der Waals surface area contributed by atoms with Crippen LogP contribution in [0.15, 0.2) is 12.1 Å². The van der Waals surface area contributed by atoms with Gasteiger partial charge in [0.15, 0.2) is 0 Å². The molecule has 1 aromatic carbocycles. The molecule has 0 N–H and O–H groups in total. The van der Waals surface area contributed by atoms with E-state index in [-0.39, 0.29) is 11.3 Å². The second-order valence-electron chi connectivity index (χ2n) is 2.43. The van der Waals surface area contributed by atoms with Crippen molar-refractivity contribution in [1.82, 2.24) is 0 Å². The van der Waals surface area contributed by atoms with Crippen molar-refractivity contribution in [3.8, 4) is 0 Å². The van der Waals surface area contributed by atoms with Crippen LogP contribution in [-0.4, -0.2) is 0 Å². The Morgan fingerprint density at radius 2 is 2.08 bits per heavy atom. The number of aryl methyl sites for hydroxylation is 1. The molecule has 0 aliphatic heterocycles. The monoisotopic (exact) mass is 206 g/mol. The minimum absolute atomic E-state index is 0.106. The fraction of sp³-hybridized carbons (Fsp3) is 0.250. The van der Waals surface area contributed by atoms with Crippen LogP contribution in [-0.2, 0) is 5.75 Å². The first-order valence-corrected chi connectivity index (χ1v) is 5.40. The lowest BCUT2D eigenvalue weighted by atomic mass is 10.1. The Bertz CT molecular complexity index is 287. The normalized spacial score (nSPS) is 10.3. The van der Waals surface area contributed by atoms with E-state index in [1.807, 2.05) is 0 Å². The molecule has 12 heavy (non-hydrogen) atoms. The molecule has 0 aromatic heterocycles. The van der Waals surface area contributed by atoms with Crippen LogP contribution in [0.3, 0.4) is 0 Å². The molecule has 4 heteroatoms. The molecule has 0 saturated carbocycles. The van der Waals surface area contributed by atoms with Gasteiger partial charge in [0.25, 0.3) is 0 Å². The summed E-state index contributed by atoms with van der Waals surface area (Å²) < 4.78 is 26.1. The zero-order chi connectivity index (χ0) is 9.14. The number of hydrogen-bond donors (Lipinski definition) is 1. The van der Waals surface area contributed by atoms with Crippen molar-refractivity contribution < 1.29 is 8.78 Å². The topological polar surface area (TPSA) is 0 Å². The van der Waals surface area contributed by atoms with Crippen molar-refractivity contribution in [2.45, 2.75) is 12.7 Å². The van der Waals surface area contributed by atoms with E-state index < -0.39 is 11.6 Å². The van der Waals surface area contributed by atoms with Crippen molar-refractivity contribution in [2.24, 2.45) is 0 Å². The fourth-order valence-electron chi connectivity index (χ4n) is 0.912. The van der Waals surface area contributed by atoms with Crippen LogP contribution >= 0.6 is 22.5 Å². The third kappa shape index (κ3) is 1.93. The molecule has 0 nitrogen and oxygen atoms in total. The van der Waals surface area contributed by atoms with Crippen LogP contribution in [0.25, 0.3) is 0 Å². The largest absolute Gasteiger partial charge is 0.207 e. The van der Waals surface area contributed by atoms with Gasteiger partial charge >= 0.3 is 0 Å². The molecule has 0 unspecified atom stereocenters. The first-order valence-electron chi connectivity index (χ1n) is 3.36. The molecule has 0 radical (unpaired) electrons. The summed E-state index contributed by atoms with van der Waals surface area (Å²) in [7, 11) is 1.11. The van der Waals surface area contributed by atoms with Crippen molar-refractivity contribution in [3.63, 3.8) is 0 Å². The Kier molecular flexibility index (Phi) is 3.40. The van der Waals surface area contributed by atoms with Gasteiger partial charge in [0.05, 0.1) is 0 Å². The molecule has 0 atom stereocenters. The van der Waals surface area contributed by atoms with Crippen LogP contribution in [0.1, 0.15) is 11.1 Å². The van der Waals surface area contributed by atoms with E-state index in [2.05, 4.69) is 11.7 Å². The number of rotatable bonds is 2. The Morgan fingerprint density at radius 1 is 1.42 bits per heavy atom. The molecule has 0 aliphatic carbocycles. The van der Waals surface area contributed by atoms with Gasteiger partial charge in [-0.3, -0.25) is 0 Å². The highest BCUT2D eigenvalue weighted by Gasteiger charge is 2.09. The van der Waals surface area contributed by atoms with E-state index >= 15 is 0 Å². The lowest BCUT2D eigenvalue weighted by Gasteiger charge is -2.04. The van der Waals surface area contributed by atoms with E-state index in [0.29, 0.717) is 5.56 Å². The summed E-state index contributed by atoms with van der Waals surface area (Å²) in [4.78, 5) is 0. The van der Waals surface area contributed by atoms with Gasteiger partial charge in [0.2, 0.25) is 0 Å². The number of thiol groups is 1. The molecular formula is C8H8F2S2. The van der Waals surface area contributed by atoms with Crippen LogP contribution in [0.2, 0.25) is 0 Å². The quantitative estimate of drug-likeness (QED) is 0.572. The summed E-state index contributed by atoms with van der Waals surface area (Å²) in [5, 5.41) is 0. The average Bonchev–Trinajstić information content (AvgIpc) is 2.06. The van der Waals surface area contributed by atoms with E-state index in [1.54, 1.807) is 6.92 Å². The molecule has 0 spiro atoms. The summed E-state index contributed by atoms with van der Waals surface area (Å²) in [6.07, 6.45) is 0. The van der Waals surface area contributed by atoms with Gasteiger partial charge in [-0.05, 0) is 18.6 Å². The number of benzene rings is 1. The van der Waals surface area contributed by atoms with E-state index in [9.17, 15) is 8.78 Å². The maximum Gasteiger partial charge on any atom is 0.133 e. The first kappa shape index (κ1) is 9.86. The van der Waals surface area contributed by atoms with Crippen molar-refractivity contribution >= 4 is 22.5 Å². The summed E-state index contributed by atoms with van der Waals surface area (Å²) in [5.41, 5.74) is 0.573. The highest BCUT2D eigenvalue weighted by atomic mass is 33.1. The van der Waals surface area contributed by atoms with Gasteiger partial charge < -0.3 is 0 Å². The average molecular weight is 206 g/mol. The summed E-state index contributed by atoms with van der Waals surface area (Å²) in [5.74, 6) is -0.709. The lowest BCUT2D eigenvalue weighted by Crippen LogP contribution is -1.95. The Balaban J connectivity index is 3.14. The predicted octanol–water partition coefficient (Wildman–Crippen LogP) is 3.35. The second kappa shape index (κ2) is 4.14. The molecule has 0 bridgehead atoms. The van der Waals surface area contributed by atoms with Gasteiger partial charge in [0.1, 0.15) is 11.6 Å². The van der Waals surface area contributed by atoms with Crippen LogP contribution in [0.4, 0.5) is 8.78 Å². The molecule has 0 amide bonds. The zero-order valence-corrected chi connectivity index (χ0v) is 8.18. The second-order valence-corrected chi connectivity index (χ2v) is 3.75. The van der Waals surface area contributed by atoms with Gasteiger partial charge in [-0.1, -0.05) is 16.9 Å². The third-order valence-electron chi connectivity index (χ3n) is 1.59. The van der Waals surface area contributed by atoms with Crippen LogP contribution < -0.4 is 0 Å². The molecular weight excluding hydrogens is 198 g/mol. The molecule has 0 saturated heterocycles. The molecule has 1 rings (SSSR count). The minimum Gasteiger partial charge on any atom is -0.207 e. The Labute approximate surface area is 79.2 Å². The van der Waals surface area contributed by atoms with Gasteiger partial charge in [-0.25, -0.2) is 8.78 Å². The smallest absolute Gasteiger partial charge is 0.133 e. The number of hydrogen-bond acceptors (Lipinski definition) is 2. The maximum absolute atomic E-state index is 13.2. The van der Waals surface area contributed by atoms with Crippen LogP contribution in [0.5, 0.6) is 0 Å². The highest BCUT2D eigenvalue weighted by molar-refractivity contribution is 8.68. The predicted molar refractivity (Wildman–Crippen MR) is 51.4 cm³/mol. The van der Waals surface area contributed by atoms with Crippen molar-refractivity contribution in [2.75, 3.05) is 0 Å². The van der Waals surface area contributed by atoms with Gasteiger partial charge in [-0.2, -0.15) is 0 Å². The Morgan fingerprint density at radius 3 is 2.67 bits per heavy atom. The maximum atomic E-state index is 13.2. The van der Waals surface area contributed by atoms with E-state index in [1.165, 1.54) is 12.1 Å². The summed E-state index contributed by atoms with van der Waals surface area (Å²) in [6, 6.07) is 2.70. The minimum atomic E-state index is -0.500. The van der Waals surface area contributed by atoms with Crippen molar-refractivity contribution in [1.29, 1.82) is 0 Å². The van der Waals surface area contributed by atoms with E-state index in [4.69, 9.17) is 0 Å². The standard InChI is InChI=1S/C8H8F2S2/c1-5-2-3-7(9)6(4-12-11)8(5)10/h2-3,11H,4H2,1H3. The summed E-state index contributed by atoms with van der Waals surface area (Å²) in [6.45, 7) is 1.61. The molecule has 0 heterocycles. The van der Waals surface area contributed by atoms with E-state index in [0.717, 1.165) is 10.8 Å². The molecule has 1 aromatic rings. The zero-order valence-electron chi connectivity index (χ0n) is 6.47. The molecule has 0 fully saturated rings. The van der Waals surface area contributed by atoms with Crippen LogP contribution in [0, 0.1) is 18.6 Å². The molecule has 66 valence electrons. The SMILES string of the molecule is Cc1ccc(F)c(CSS)c1F. The number of halogens is 2. The van der Waals surface area contributed by atoms with Crippen molar-refractivity contribution in [3.05, 3.63) is 34.9 Å².